The zero-order valence-corrected chi connectivity index (χ0v) is 17.9. The van der Waals surface area contributed by atoms with Crippen LogP contribution in [0, 0.1) is 12.3 Å². The molecule has 138 valence electrons. The first kappa shape index (κ1) is 19.8. The molecule has 3 nitrogen and oxygen atoms in total. The average molecular weight is 413 g/mol. The summed E-state index contributed by atoms with van der Waals surface area (Å²) in [4.78, 5) is 20.0. The molecule has 3 aromatic rings. The maximum atomic E-state index is 12.7. The molecule has 0 aliphatic rings. The molecule has 1 aromatic heterocycles. The van der Waals surface area contributed by atoms with Crippen LogP contribution in [0.3, 0.4) is 0 Å². The first-order valence-electron chi connectivity index (χ1n) is 8.48. The number of terminal acetylenes is 1. The molecular weight excluding hydrogens is 392 g/mol. The summed E-state index contributed by atoms with van der Waals surface area (Å²) in [7, 11) is 0. The summed E-state index contributed by atoms with van der Waals surface area (Å²) in [5.41, 5.74) is 1.59. The zero-order chi connectivity index (χ0) is 19.4. The van der Waals surface area contributed by atoms with E-state index in [1.54, 1.807) is 23.5 Å². The number of nitrogens with zero attached hydrogens (tertiary/aromatic N) is 2. The number of hydrogen-bond donors (Lipinski definition) is 0. The molecular formula is C21H20N2OS3. The lowest BCUT2D eigenvalue weighted by Crippen LogP contribution is -2.16. The van der Waals surface area contributed by atoms with Gasteiger partial charge in [0.25, 0.3) is 5.91 Å². The third kappa shape index (κ3) is 4.67. The van der Waals surface area contributed by atoms with E-state index in [9.17, 15) is 4.79 Å². The first-order chi connectivity index (χ1) is 13.0. The minimum atomic E-state index is -0.251. The van der Waals surface area contributed by atoms with Crippen LogP contribution in [0.4, 0.5) is 0 Å². The van der Waals surface area contributed by atoms with Gasteiger partial charge in [0.1, 0.15) is 0 Å². The summed E-state index contributed by atoms with van der Waals surface area (Å²) in [6, 6.07) is 13.8. The largest absolute Gasteiger partial charge is 0.305 e. The molecule has 27 heavy (non-hydrogen) atoms. The van der Waals surface area contributed by atoms with E-state index in [-0.39, 0.29) is 5.91 Å². The number of thiazole rings is 1. The summed E-state index contributed by atoms with van der Waals surface area (Å²) >= 11 is 4.95. The third-order valence-electron chi connectivity index (χ3n) is 3.81. The Morgan fingerprint density at radius 3 is 2.56 bits per heavy atom. The van der Waals surface area contributed by atoms with Crippen molar-refractivity contribution in [3.8, 4) is 12.3 Å². The molecule has 2 aromatic carbocycles. The van der Waals surface area contributed by atoms with Gasteiger partial charge in [-0.1, -0.05) is 31.1 Å². The summed E-state index contributed by atoms with van der Waals surface area (Å²) in [5.74, 6) is 2.41. The van der Waals surface area contributed by atoms with E-state index in [4.69, 9.17) is 6.42 Å². The van der Waals surface area contributed by atoms with Crippen LogP contribution in [-0.4, -0.2) is 22.0 Å². The molecule has 0 fully saturated rings. The maximum absolute atomic E-state index is 12.7. The van der Waals surface area contributed by atoms with E-state index < -0.39 is 0 Å². The summed E-state index contributed by atoms with van der Waals surface area (Å²) in [6.07, 6.45) is 7.58. The van der Waals surface area contributed by atoms with E-state index in [1.165, 1.54) is 16.2 Å². The van der Waals surface area contributed by atoms with Crippen molar-refractivity contribution in [2.45, 2.75) is 35.4 Å². The van der Waals surface area contributed by atoms with Crippen molar-refractivity contribution in [2.75, 3.05) is 6.26 Å². The van der Waals surface area contributed by atoms with Crippen molar-refractivity contribution in [3.05, 3.63) is 52.8 Å². The van der Waals surface area contributed by atoms with Gasteiger partial charge in [-0.05, 0) is 48.7 Å². The van der Waals surface area contributed by atoms with Gasteiger partial charge in [-0.25, -0.2) is 0 Å². The van der Waals surface area contributed by atoms with Crippen LogP contribution in [0.25, 0.3) is 10.2 Å². The number of aromatic nitrogens is 1. The molecule has 1 amide bonds. The monoisotopic (exact) mass is 412 g/mol. The minimum Gasteiger partial charge on any atom is -0.305 e. The topological polar surface area (TPSA) is 34.4 Å². The molecule has 0 unspecified atom stereocenters. The highest BCUT2D eigenvalue weighted by molar-refractivity contribution is 8.00. The predicted molar refractivity (Wildman–Crippen MR) is 118 cm³/mol. The van der Waals surface area contributed by atoms with Crippen molar-refractivity contribution in [2.24, 2.45) is 4.99 Å². The molecule has 0 bridgehead atoms. The summed E-state index contributed by atoms with van der Waals surface area (Å²) in [6.45, 7) is 4.68. The molecule has 6 heteroatoms. The fraction of sp³-hybridized carbons (Fsp3) is 0.238. The normalized spacial score (nSPS) is 11.9. The molecule has 0 saturated heterocycles. The average Bonchev–Trinajstić information content (AvgIpc) is 2.98. The van der Waals surface area contributed by atoms with Crippen molar-refractivity contribution in [1.82, 2.24) is 4.57 Å². The Morgan fingerprint density at radius 2 is 1.93 bits per heavy atom. The number of amides is 1. The van der Waals surface area contributed by atoms with Gasteiger partial charge in [-0.2, -0.15) is 4.99 Å². The van der Waals surface area contributed by atoms with Gasteiger partial charge in [-0.3, -0.25) is 4.79 Å². The smallest absolute Gasteiger partial charge is 0.279 e. The molecule has 0 spiro atoms. The number of carbonyl (C=O) groups excluding carboxylic acids is 1. The molecule has 3 rings (SSSR count). The van der Waals surface area contributed by atoms with Crippen molar-refractivity contribution < 1.29 is 4.79 Å². The Bertz CT molecular complexity index is 1070. The molecule has 0 radical (unpaired) electrons. The number of rotatable bonds is 5. The Morgan fingerprint density at radius 1 is 1.22 bits per heavy atom. The molecule has 0 aliphatic carbocycles. The van der Waals surface area contributed by atoms with E-state index in [0.29, 0.717) is 22.2 Å². The van der Waals surface area contributed by atoms with E-state index >= 15 is 0 Å². The van der Waals surface area contributed by atoms with Crippen LogP contribution in [0.1, 0.15) is 24.2 Å². The lowest BCUT2D eigenvalue weighted by molar-refractivity contribution is 0.0998. The summed E-state index contributed by atoms with van der Waals surface area (Å²) < 4.78 is 3.00. The van der Waals surface area contributed by atoms with Crippen LogP contribution in [0.5, 0.6) is 0 Å². The highest BCUT2D eigenvalue weighted by Gasteiger charge is 2.10. The number of thioether (sulfide) groups is 2. The van der Waals surface area contributed by atoms with Crippen LogP contribution < -0.4 is 4.80 Å². The van der Waals surface area contributed by atoms with Gasteiger partial charge in [-0.15, -0.1) is 29.9 Å². The molecule has 0 aliphatic heterocycles. The Labute approximate surface area is 171 Å². The molecule has 0 N–H and O–H groups in total. The minimum absolute atomic E-state index is 0.251. The standard InChI is InChI=1S/C21H20N2OS3/c1-5-12-23-18-11-10-17(25-4)13-19(18)27-21(23)22-20(24)15-6-8-16(9-7-15)26-14(2)3/h1,6-11,13-14H,12H2,2-4H3. The van der Waals surface area contributed by atoms with Gasteiger partial charge in [0.2, 0.25) is 0 Å². The predicted octanol–water partition coefficient (Wildman–Crippen LogP) is 5.30. The second-order valence-corrected chi connectivity index (χ2v) is 9.66. The lowest BCUT2D eigenvalue weighted by Gasteiger charge is -2.04. The Balaban J connectivity index is 2.00. The van der Waals surface area contributed by atoms with E-state index in [1.807, 2.05) is 41.2 Å². The molecule has 0 saturated carbocycles. The van der Waals surface area contributed by atoms with Crippen LogP contribution in [0.15, 0.2) is 57.2 Å². The second-order valence-electron chi connectivity index (χ2n) is 6.12. The van der Waals surface area contributed by atoms with Gasteiger partial charge in [0.15, 0.2) is 4.80 Å². The fourth-order valence-electron chi connectivity index (χ4n) is 2.61. The van der Waals surface area contributed by atoms with Gasteiger partial charge < -0.3 is 4.57 Å². The third-order valence-corrected chi connectivity index (χ3v) is 6.59. The fourth-order valence-corrected chi connectivity index (χ4v) is 5.03. The van der Waals surface area contributed by atoms with Crippen LogP contribution in [0.2, 0.25) is 0 Å². The maximum Gasteiger partial charge on any atom is 0.279 e. The highest BCUT2D eigenvalue weighted by atomic mass is 32.2. The van der Waals surface area contributed by atoms with Crippen molar-refractivity contribution in [3.63, 3.8) is 0 Å². The van der Waals surface area contributed by atoms with Gasteiger partial charge >= 0.3 is 0 Å². The quantitative estimate of drug-likeness (QED) is 0.421. The van der Waals surface area contributed by atoms with Crippen LogP contribution >= 0.6 is 34.9 Å². The van der Waals surface area contributed by atoms with Crippen LogP contribution in [-0.2, 0) is 6.54 Å². The van der Waals surface area contributed by atoms with E-state index in [2.05, 4.69) is 36.9 Å². The van der Waals surface area contributed by atoms with E-state index in [0.717, 1.165) is 15.1 Å². The number of benzene rings is 2. The van der Waals surface area contributed by atoms with Gasteiger partial charge in [0, 0.05) is 20.6 Å². The number of carbonyl (C=O) groups is 1. The van der Waals surface area contributed by atoms with Crippen molar-refractivity contribution in [1.29, 1.82) is 0 Å². The lowest BCUT2D eigenvalue weighted by atomic mass is 10.2. The molecule has 1 heterocycles. The Kier molecular flexibility index (Phi) is 6.48. The second kappa shape index (κ2) is 8.83. The zero-order valence-electron chi connectivity index (χ0n) is 15.4. The van der Waals surface area contributed by atoms with Gasteiger partial charge in [0.05, 0.1) is 16.8 Å². The highest BCUT2D eigenvalue weighted by Crippen LogP contribution is 2.25. The first-order valence-corrected chi connectivity index (χ1v) is 11.4. The molecule has 0 atom stereocenters. The Hall–Kier alpha value is -1.94. The SMILES string of the molecule is C#CCn1c(=NC(=O)c2ccc(SC(C)C)cc2)sc2cc(SC)ccc21. The summed E-state index contributed by atoms with van der Waals surface area (Å²) in [5, 5.41) is 0.503. The van der Waals surface area contributed by atoms with Crippen molar-refractivity contribution >= 4 is 51.0 Å². The number of hydrogen-bond acceptors (Lipinski definition) is 4. The number of fused-ring (bicyclic) bond motifs is 1.